The number of amides is 3. The second-order valence-electron chi connectivity index (χ2n) is 8.27. The van der Waals surface area contributed by atoms with Crippen molar-refractivity contribution in [2.45, 2.75) is 32.1 Å². The number of nitrogens with zero attached hydrogens (tertiary/aromatic N) is 1. The molecule has 0 atom stereocenters. The highest BCUT2D eigenvalue weighted by Crippen LogP contribution is 2.28. The van der Waals surface area contributed by atoms with Crippen molar-refractivity contribution >= 4 is 17.6 Å². The lowest BCUT2D eigenvalue weighted by molar-refractivity contribution is -0.384. The second-order valence-corrected chi connectivity index (χ2v) is 8.27. The van der Waals surface area contributed by atoms with E-state index in [1.165, 1.54) is 29.8 Å². The number of benzene rings is 2. The van der Waals surface area contributed by atoms with E-state index in [2.05, 4.69) is 16.0 Å². The number of carbonyl (C=O) groups is 2. The number of urea groups is 1. The number of hydrogen-bond donors (Lipinski definition) is 3. The molecule has 1 saturated carbocycles. The van der Waals surface area contributed by atoms with Crippen LogP contribution in [-0.4, -0.2) is 36.5 Å². The number of non-ortho nitro benzene ring substituents is 1. The van der Waals surface area contributed by atoms with Crippen LogP contribution in [-0.2, 0) is 6.42 Å². The molecule has 1 aliphatic carbocycles. The highest BCUT2D eigenvalue weighted by molar-refractivity contribution is 5.94. The van der Waals surface area contributed by atoms with Crippen molar-refractivity contribution in [1.29, 1.82) is 0 Å². The van der Waals surface area contributed by atoms with E-state index in [9.17, 15) is 19.7 Å². The molecule has 0 radical (unpaired) electrons. The minimum atomic E-state index is -0.483. The van der Waals surface area contributed by atoms with E-state index in [1.807, 2.05) is 30.3 Å². The SMILES string of the molecule is O=C(NCCc1ccccc1)NCC1CCC(CNC(=O)c2ccc([N+](=O)[O-])cc2)CC1. The molecule has 32 heavy (non-hydrogen) atoms. The summed E-state index contributed by atoms with van der Waals surface area (Å²) in [5.41, 5.74) is 1.59. The largest absolute Gasteiger partial charge is 0.352 e. The number of nitro benzene ring substituents is 1. The van der Waals surface area contributed by atoms with Gasteiger partial charge >= 0.3 is 6.03 Å². The van der Waals surface area contributed by atoms with Crippen LogP contribution in [0.5, 0.6) is 0 Å². The average molecular weight is 439 g/mol. The molecule has 8 heteroatoms. The summed E-state index contributed by atoms with van der Waals surface area (Å²) in [6.07, 6.45) is 4.85. The highest BCUT2D eigenvalue weighted by atomic mass is 16.6. The van der Waals surface area contributed by atoms with E-state index in [0.29, 0.717) is 37.0 Å². The molecule has 2 aromatic rings. The van der Waals surface area contributed by atoms with Crippen molar-refractivity contribution in [3.8, 4) is 0 Å². The molecule has 3 N–H and O–H groups in total. The van der Waals surface area contributed by atoms with Crippen molar-refractivity contribution in [1.82, 2.24) is 16.0 Å². The minimum Gasteiger partial charge on any atom is -0.352 e. The number of nitro groups is 1. The summed E-state index contributed by atoms with van der Waals surface area (Å²) in [6.45, 7) is 1.87. The molecule has 3 amide bonds. The molecule has 1 aliphatic rings. The Hall–Kier alpha value is -3.42. The summed E-state index contributed by atoms with van der Waals surface area (Å²) < 4.78 is 0. The molecule has 170 valence electrons. The topological polar surface area (TPSA) is 113 Å². The minimum absolute atomic E-state index is 0.0293. The standard InChI is InChI=1S/C24H30N4O4/c29-23(21-10-12-22(13-11-21)28(31)32)26-16-19-6-8-20(9-7-19)17-27-24(30)25-15-14-18-4-2-1-3-5-18/h1-5,10-13,19-20H,6-9,14-17H2,(H,26,29)(H2,25,27,30). The first-order chi connectivity index (χ1) is 15.5. The zero-order valence-electron chi connectivity index (χ0n) is 18.1. The summed E-state index contributed by atoms with van der Waals surface area (Å²) in [7, 11) is 0. The molecule has 2 aromatic carbocycles. The lowest BCUT2D eigenvalue weighted by atomic mass is 9.82. The van der Waals surface area contributed by atoms with E-state index >= 15 is 0 Å². The van der Waals surface area contributed by atoms with Gasteiger partial charge in [0.05, 0.1) is 4.92 Å². The predicted molar refractivity (Wildman–Crippen MR) is 122 cm³/mol. The zero-order chi connectivity index (χ0) is 22.8. The van der Waals surface area contributed by atoms with Crippen LogP contribution in [0.3, 0.4) is 0 Å². The molecule has 0 unspecified atom stereocenters. The van der Waals surface area contributed by atoms with E-state index in [4.69, 9.17) is 0 Å². The maximum Gasteiger partial charge on any atom is 0.314 e. The van der Waals surface area contributed by atoms with Crippen LogP contribution >= 0.6 is 0 Å². The van der Waals surface area contributed by atoms with Crippen LogP contribution in [0, 0.1) is 22.0 Å². The van der Waals surface area contributed by atoms with Gasteiger partial charge in [-0.05, 0) is 61.6 Å². The molecule has 3 rings (SSSR count). The van der Waals surface area contributed by atoms with Crippen molar-refractivity contribution in [3.63, 3.8) is 0 Å². The van der Waals surface area contributed by atoms with Crippen molar-refractivity contribution in [2.75, 3.05) is 19.6 Å². The average Bonchev–Trinajstić information content (AvgIpc) is 2.82. The smallest absolute Gasteiger partial charge is 0.314 e. The van der Waals surface area contributed by atoms with Gasteiger partial charge in [0.1, 0.15) is 0 Å². The van der Waals surface area contributed by atoms with Crippen molar-refractivity contribution < 1.29 is 14.5 Å². The third-order valence-corrected chi connectivity index (χ3v) is 5.95. The normalized spacial score (nSPS) is 17.9. The highest BCUT2D eigenvalue weighted by Gasteiger charge is 2.22. The number of nitrogens with one attached hydrogen (secondary N) is 3. The maximum absolute atomic E-state index is 12.3. The Kier molecular flexibility index (Phi) is 8.60. The molecule has 0 aliphatic heterocycles. The van der Waals surface area contributed by atoms with Crippen LogP contribution in [0.4, 0.5) is 10.5 Å². The fourth-order valence-corrected chi connectivity index (χ4v) is 3.98. The first kappa shape index (κ1) is 23.2. The van der Waals surface area contributed by atoms with Gasteiger partial charge in [-0.3, -0.25) is 14.9 Å². The quantitative estimate of drug-likeness (QED) is 0.409. The summed E-state index contributed by atoms with van der Waals surface area (Å²) in [6, 6.07) is 15.6. The summed E-state index contributed by atoms with van der Waals surface area (Å²) in [5, 5.41) is 19.5. The van der Waals surface area contributed by atoms with Gasteiger partial charge in [0, 0.05) is 37.3 Å². The molecule has 8 nitrogen and oxygen atoms in total. The Morgan fingerprint density at radius 2 is 1.44 bits per heavy atom. The zero-order valence-corrected chi connectivity index (χ0v) is 18.1. The number of carbonyl (C=O) groups excluding carboxylic acids is 2. The summed E-state index contributed by atoms with van der Waals surface area (Å²) in [4.78, 5) is 34.5. The van der Waals surface area contributed by atoms with Crippen LogP contribution in [0.1, 0.15) is 41.6 Å². The van der Waals surface area contributed by atoms with Gasteiger partial charge in [0.2, 0.25) is 0 Å². The molecule has 0 spiro atoms. The second kappa shape index (κ2) is 11.8. The fourth-order valence-electron chi connectivity index (χ4n) is 3.98. The third-order valence-electron chi connectivity index (χ3n) is 5.95. The maximum atomic E-state index is 12.3. The van der Waals surface area contributed by atoms with Gasteiger partial charge in [-0.2, -0.15) is 0 Å². The summed E-state index contributed by atoms with van der Waals surface area (Å²) >= 11 is 0. The summed E-state index contributed by atoms with van der Waals surface area (Å²) in [5.74, 6) is 0.653. The van der Waals surface area contributed by atoms with Gasteiger partial charge in [0.15, 0.2) is 0 Å². The molecule has 0 aromatic heterocycles. The molecule has 0 bridgehead atoms. The monoisotopic (exact) mass is 438 g/mol. The van der Waals surface area contributed by atoms with Crippen molar-refractivity contribution in [3.05, 3.63) is 75.8 Å². The molecular formula is C24H30N4O4. The Balaban J connectivity index is 1.28. The number of hydrogen-bond acceptors (Lipinski definition) is 4. The number of rotatable bonds is 9. The van der Waals surface area contributed by atoms with E-state index in [1.54, 1.807) is 0 Å². The third kappa shape index (κ3) is 7.37. The Morgan fingerprint density at radius 3 is 2.03 bits per heavy atom. The Labute approximate surface area is 187 Å². The van der Waals surface area contributed by atoms with Crippen LogP contribution < -0.4 is 16.0 Å². The van der Waals surface area contributed by atoms with E-state index < -0.39 is 4.92 Å². The molecule has 0 heterocycles. The van der Waals surface area contributed by atoms with E-state index in [-0.39, 0.29) is 17.6 Å². The molecule has 1 fully saturated rings. The Bertz CT molecular complexity index is 894. The van der Waals surface area contributed by atoms with Gasteiger partial charge in [-0.1, -0.05) is 30.3 Å². The fraction of sp³-hybridized carbons (Fsp3) is 0.417. The Morgan fingerprint density at radius 1 is 0.844 bits per heavy atom. The van der Waals surface area contributed by atoms with Crippen LogP contribution in [0.2, 0.25) is 0 Å². The first-order valence-electron chi connectivity index (χ1n) is 11.1. The lowest BCUT2D eigenvalue weighted by Gasteiger charge is -2.28. The predicted octanol–water partition coefficient (Wildman–Crippen LogP) is 3.67. The van der Waals surface area contributed by atoms with Crippen LogP contribution in [0.25, 0.3) is 0 Å². The van der Waals surface area contributed by atoms with E-state index in [0.717, 1.165) is 32.1 Å². The van der Waals surface area contributed by atoms with Gasteiger partial charge in [0.25, 0.3) is 11.6 Å². The van der Waals surface area contributed by atoms with Crippen LogP contribution in [0.15, 0.2) is 54.6 Å². The molecule has 0 saturated heterocycles. The van der Waals surface area contributed by atoms with Crippen molar-refractivity contribution in [2.24, 2.45) is 11.8 Å². The first-order valence-corrected chi connectivity index (χ1v) is 11.1. The lowest BCUT2D eigenvalue weighted by Crippen LogP contribution is -2.40. The van der Waals surface area contributed by atoms with Gasteiger partial charge in [-0.15, -0.1) is 0 Å². The molecular weight excluding hydrogens is 408 g/mol. The van der Waals surface area contributed by atoms with Gasteiger partial charge in [-0.25, -0.2) is 4.79 Å². The van der Waals surface area contributed by atoms with Gasteiger partial charge < -0.3 is 16.0 Å².